The molecule has 1 aliphatic rings. The van der Waals surface area contributed by atoms with Crippen molar-refractivity contribution in [2.75, 3.05) is 39.3 Å². The lowest BCUT2D eigenvalue weighted by molar-refractivity contribution is 0.0690. The number of para-hydroxylation sites is 1. The van der Waals surface area contributed by atoms with Crippen molar-refractivity contribution in [1.29, 1.82) is 0 Å². The van der Waals surface area contributed by atoms with Crippen molar-refractivity contribution in [1.82, 2.24) is 14.2 Å². The van der Waals surface area contributed by atoms with E-state index in [4.69, 9.17) is 4.74 Å². The Morgan fingerprint density at radius 3 is 2.33 bits per heavy atom. The van der Waals surface area contributed by atoms with Crippen LogP contribution in [-0.2, 0) is 16.4 Å². The summed E-state index contributed by atoms with van der Waals surface area (Å²) >= 11 is 0. The van der Waals surface area contributed by atoms with Crippen LogP contribution in [0.3, 0.4) is 0 Å². The second-order valence-corrected chi connectivity index (χ2v) is 12.7. The first-order chi connectivity index (χ1) is 20.9. The summed E-state index contributed by atoms with van der Waals surface area (Å²) in [6, 6.07) is 26.6. The highest BCUT2D eigenvalue weighted by Crippen LogP contribution is 2.37. The van der Waals surface area contributed by atoms with E-state index in [0.717, 1.165) is 28.5 Å². The predicted molar refractivity (Wildman–Crippen MR) is 169 cm³/mol. The lowest BCUT2D eigenvalue weighted by atomic mass is 10.00. The number of nitrogens with one attached hydrogen (secondary N) is 1. The Morgan fingerprint density at radius 1 is 0.860 bits per heavy atom. The maximum absolute atomic E-state index is 13.9. The molecule has 5 aromatic rings. The van der Waals surface area contributed by atoms with Gasteiger partial charge in [0.25, 0.3) is 0 Å². The second kappa shape index (κ2) is 12.2. The van der Waals surface area contributed by atoms with Crippen LogP contribution < -0.4 is 4.74 Å². The van der Waals surface area contributed by atoms with Crippen LogP contribution in [0.4, 0.5) is 0 Å². The van der Waals surface area contributed by atoms with E-state index >= 15 is 0 Å². The molecule has 6 rings (SSSR count). The molecule has 0 saturated carbocycles. The Labute approximate surface area is 251 Å². The molecule has 43 heavy (non-hydrogen) atoms. The third-order valence-corrected chi connectivity index (χ3v) is 10.3. The number of likely N-dealkylation sites (N-methyl/N-ethyl adjacent to an activating group) is 1. The fourth-order valence-corrected chi connectivity index (χ4v) is 7.66. The molecule has 9 heteroatoms. The molecule has 0 spiro atoms. The monoisotopic (exact) mass is 597 g/mol. The first-order valence-corrected chi connectivity index (χ1v) is 16.1. The minimum absolute atomic E-state index is 0.114. The summed E-state index contributed by atoms with van der Waals surface area (Å²) in [7, 11) is -3.76. The normalized spacial score (nSPS) is 14.8. The lowest BCUT2D eigenvalue weighted by Crippen LogP contribution is -2.48. The second-order valence-electron chi connectivity index (χ2n) is 10.8. The van der Waals surface area contributed by atoms with Crippen molar-refractivity contribution in [2.45, 2.75) is 24.7 Å². The van der Waals surface area contributed by atoms with E-state index < -0.39 is 16.0 Å². The third-order valence-electron chi connectivity index (χ3n) is 8.31. The number of aromatic carboxylic acids is 1. The number of H-pyrrole nitrogens is 1. The molecule has 8 nitrogen and oxygen atoms in total. The van der Waals surface area contributed by atoms with Gasteiger partial charge in [-0.3, -0.25) is 0 Å². The zero-order valence-corrected chi connectivity index (χ0v) is 24.9. The number of carboxylic acid groups (broad SMARTS) is 1. The van der Waals surface area contributed by atoms with E-state index in [0.29, 0.717) is 67.8 Å². The van der Waals surface area contributed by atoms with Crippen molar-refractivity contribution in [3.8, 4) is 16.9 Å². The van der Waals surface area contributed by atoms with Crippen LogP contribution in [-0.4, -0.2) is 73.0 Å². The standard InChI is InChI=1S/C34H35N3O5S/c1-2-36-19-21-37(22-20-36)43(40,41)31-18-6-5-13-26(31)27-14-8-15-28-29(33(34(38)39)35-32(27)28)16-9-23-42-30-17-7-11-24-10-3-4-12-25(24)30/h3-8,10-15,17-18,35H,2,9,16,19-23H2,1H3,(H,38,39). The number of hydrogen-bond donors (Lipinski definition) is 2. The summed E-state index contributed by atoms with van der Waals surface area (Å²) in [6.45, 7) is 5.65. The first-order valence-electron chi connectivity index (χ1n) is 14.7. The maximum Gasteiger partial charge on any atom is 0.352 e. The van der Waals surface area contributed by atoms with Gasteiger partial charge in [0.05, 0.1) is 17.0 Å². The molecule has 1 fully saturated rings. The number of ether oxygens (including phenoxy) is 1. The van der Waals surface area contributed by atoms with Gasteiger partial charge in [-0.05, 0) is 42.5 Å². The lowest BCUT2D eigenvalue weighted by Gasteiger charge is -2.33. The number of hydrogen-bond acceptors (Lipinski definition) is 5. The number of aromatic nitrogens is 1. The minimum Gasteiger partial charge on any atom is -0.493 e. The molecular formula is C34H35N3O5S. The number of aryl methyl sites for hydroxylation is 1. The van der Waals surface area contributed by atoms with Crippen LogP contribution in [0.1, 0.15) is 29.4 Å². The molecule has 0 radical (unpaired) electrons. The van der Waals surface area contributed by atoms with E-state index in [1.54, 1.807) is 22.5 Å². The summed E-state index contributed by atoms with van der Waals surface area (Å²) in [6.07, 6.45) is 1.09. The van der Waals surface area contributed by atoms with Gasteiger partial charge < -0.3 is 19.7 Å². The number of benzene rings is 4. The number of fused-ring (bicyclic) bond motifs is 2. The van der Waals surface area contributed by atoms with Crippen molar-refractivity contribution in [2.24, 2.45) is 0 Å². The Morgan fingerprint density at radius 2 is 1.53 bits per heavy atom. The highest BCUT2D eigenvalue weighted by atomic mass is 32.2. The fraction of sp³-hybridized carbons (Fsp3) is 0.265. The van der Waals surface area contributed by atoms with Gasteiger partial charge in [-0.15, -0.1) is 0 Å². The molecule has 0 bridgehead atoms. The fourth-order valence-electron chi connectivity index (χ4n) is 6.03. The summed E-state index contributed by atoms with van der Waals surface area (Å²) in [5.41, 5.74) is 2.62. The van der Waals surface area contributed by atoms with Crippen LogP contribution >= 0.6 is 0 Å². The molecule has 0 amide bonds. The van der Waals surface area contributed by atoms with Crippen molar-refractivity contribution in [3.05, 3.63) is 96.2 Å². The Kier molecular flexibility index (Phi) is 8.21. The SMILES string of the molecule is CCN1CCN(S(=O)(=O)c2ccccc2-c2cccc3c(CCCOc4cccc5ccccc45)c(C(=O)O)[nH]c23)CC1. The Bertz CT molecular complexity index is 1890. The van der Waals surface area contributed by atoms with Gasteiger partial charge in [0, 0.05) is 48.1 Å². The molecular weight excluding hydrogens is 562 g/mol. The predicted octanol–water partition coefficient (Wildman–Crippen LogP) is 6.02. The van der Waals surface area contributed by atoms with E-state index in [9.17, 15) is 18.3 Å². The molecule has 0 atom stereocenters. The van der Waals surface area contributed by atoms with Crippen LogP contribution in [0.5, 0.6) is 5.75 Å². The zero-order chi connectivity index (χ0) is 30.0. The van der Waals surface area contributed by atoms with Gasteiger partial charge in [-0.25, -0.2) is 13.2 Å². The number of rotatable bonds is 10. The van der Waals surface area contributed by atoms with Crippen molar-refractivity contribution in [3.63, 3.8) is 0 Å². The number of sulfonamides is 1. The van der Waals surface area contributed by atoms with Crippen LogP contribution in [0.15, 0.2) is 89.8 Å². The molecule has 1 aliphatic heterocycles. The molecule has 1 aromatic heterocycles. The average molecular weight is 598 g/mol. The van der Waals surface area contributed by atoms with E-state index in [1.165, 1.54) is 0 Å². The van der Waals surface area contributed by atoms with Gasteiger partial charge in [0.1, 0.15) is 11.4 Å². The number of nitrogens with zero attached hydrogens (tertiary/aromatic N) is 2. The molecule has 2 heterocycles. The van der Waals surface area contributed by atoms with E-state index in [1.807, 2.05) is 66.7 Å². The van der Waals surface area contributed by atoms with Gasteiger partial charge in [-0.1, -0.05) is 79.7 Å². The molecule has 222 valence electrons. The number of carboxylic acids is 1. The van der Waals surface area contributed by atoms with Crippen molar-refractivity contribution >= 4 is 37.7 Å². The molecule has 1 saturated heterocycles. The molecule has 0 aliphatic carbocycles. The van der Waals surface area contributed by atoms with Gasteiger partial charge in [0.15, 0.2) is 0 Å². The number of aromatic amines is 1. The Hall–Kier alpha value is -4.18. The summed E-state index contributed by atoms with van der Waals surface area (Å²) in [5, 5.41) is 13.0. The summed E-state index contributed by atoms with van der Waals surface area (Å²) in [4.78, 5) is 17.9. The van der Waals surface area contributed by atoms with Crippen molar-refractivity contribution < 1.29 is 23.1 Å². The third kappa shape index (κ3) is 5.63. The topological polar surface area (TPSA) is 103 Å². The highest BCUT2D eigenvalue weighted by Gasteiger charge is 2.31. The van der Waals surface area contributed by atoms with Gasteiger partial charge in [0.2, 0.25) is 10.0 Å². The zero-order valence-electron chi connectivity index (χ0n) is 24.1. The Balaban J connectivity index is 1.30. The number of carbonyl (C=O) groups is 1. The smallest absolute Gasteiger partial charge is 0.352 e. The summed E-state index contributed by atoms with van der Waals surface area (Å²) in [5.74, 6) is -0.256. The molecule has 0 unspecified atom stereocenters. The van der Waals surface area contributed by atoms with Crippen LogP contribution in [0, 0.1) is 0 Å². The molecule has 2 N–H and O–H groups in total. The summed E-state index contributed by atoms with van der Waals surface area (Å²) < 4.78 is 35.4. The average Bonchev–Trinajstić information content (AvgIpc) is 3.42. The maximum atomic E-state index is 13.9. The quantitative estimate of drug-likeness (QED) is 0.191. The van der Waals surface area contributed by atoms with Gasteiger partial charge >= 0.3 is 5.97 Å². The molecule has 4 aromatic carbocycles. The first kappa shape index (κ1) is 28.9. The minimum atomic E-state index is -3.76. The number of piperazine rings is 1. The van der Waals surface area contributed by atoms with Crippen LogP contribution in [0.25, 0.3) is 32.8 Å². The van der Waals surface area contributed by atoms with Gasteiger partial charge in [-0.2, -0.15) is 4.31 Å². The highest BCUT2D eigenvalue weighted by molar-refractivity contribution is 7.89. The van der Waals surface area contributed by atoms with E-state index in [2.05, 4.69) is 16.8 Å². The largest absolute Gasteiger partial charge is 0.493 e. The van der Waals surface area contributed by atoms with E-state index in [-0.39, 0.29) is 10.6 Å². The van der Waals surface area contributed by atoms with Crippen LogP contribution in [0.2, 0.25) is 0 Å².